The molecule has 0 unspecified atom stereocenters. The Labute approximate surface area is 117 Å². The van der Waals surface area contributed by atoms with E-state index in [1.807, 2.05) is 0 Å². The van der Waals surface area contributed by atoms with Crippen molar-refractivity contribution in [3.8, 4) is 11.8 Å². The summed E-state index contributed by atoms with van der Waals surface area (Å²) in [6.07, 6.45) is 1.72. The summed E-state index contributed by atoms with van der Waals surface area (Å²) in [6, 6.07) is 7.19. The van der Waals surface area contributed by atoms with Crippen LogP contribution in [0.25, 0.3) is 0 Å². The van der Waals surface area contributed by atoms with Gasteiger partial charge < -0.3 is 9.64 Å². The number of hydrogen-bond donors (Lipinski definition) is 0. The van der Waals surface area contributed by atoms with Gasteiger partial charge >= 0.3 is 0 Å². The van der Waals surface area contributed by atoms with Crippen LogP contribution in [0.3, 0.4) is 0 Å². The number of nitrogens with zero attached hydrogens (tertiary/aromatic N) is 2. The van der Waals surface area contributed by atoms with Crippen molar-refractivity contribution in [2.75, 3.05) is 20.2 Å². The average molecular weight is 279 g/mol. The van der Waals surface area contributed by atoms with Crippen molar-refractivity contribution in [3.05, 3.63) is 28.8 Å². The molecule has 4 nitrogen and oxygen atoms in total. The van der Waals surface area contributed by atoms with E-state index >= 15 is 0 Å². The van der Waals surface area contributed by atoms with E-state index in [0.717, 1.165) is 12.8 Å². The number of amides is 1. The average Bonchev–Trinajstić information content (AvgIpc) is 2.46. The first kappa shape index (κ1) is 13.7. The minimum Gasteiger partial charge on any atom is -0.496 e. The van der Waals surface area contributed by atoms with Crippen LogP contribution in [0.15, 0.2) is 18.2 Å². The maximum absolute atomic E-state index is 12.4. The Bertz CT molecular complexity index is 525. The Kier molecular flexibility index (Phi) is 4.28. The lowest BCUT2D eigenvalue weighted by atomic mass is 9.99. The van der Waals surface area contributed by atoms with Crippen LogP contribution in [0, 0.1) is 17.2 Å². The van der Waals surface area contributed by atoms with Gasteiger partial charge in [0, 0.05) is 18.1 Å². The molecule has 0 radical (unpaired) electrons. The van der Waals surface area contributed by atoms with Crippen LogP contribution in [0.1, 0.15) is 23.2 Å². The van der Waals surface area contributed by atoms with E-state index in [4.69, 9.17) is 21.6 Å². The van der Waals surface area contributed by atoms with Crippen molar-refractivity contribution < 1.29 is 9.53 Å². The zero-order valence-corrected chi connectivity index (χ0v) is 11.5. The number of halogens is 1. The molecule has 0 spiro atoms. The minimum absolute atomic E-state index is 0.0732. The second-order valence-corrected chi connectivity index (χ2v) is 5.00. The first-order valence-corrected chi connectivity index (χ1v) is 6.56. The van der Waals surface area contributed by atoms with Crippen LogP contribution >= 0.6 is 11.6 Å². The lowest BCUT2D eigenvalue weighted by Gasteiger charge is -2.30. The molecule has 1 aliphatic rings. The van der Waals surface area contributed by atoms with Gasteiger partial charge in [-0.15, -0.1) is 0 Å². The molecule has 1 aliphatic heterocycles. The lowest BCUT2D eigenvalue weighted by Crippen LogP contribution is -2.39. The van der Waals surface area contributed by atoms with Crippen LogP contribution in [0.2, 0.25) is 5.02 Å². The highest BCUT2D eigenvalue weighted by Gasteiger charge is 2.26. The fraction of sp³-hybridized carbons (Fsp3) is 0.429. The zero-order chi connectivity index (χ0) is 13.8. The van der Waals surface area contributed by atoms with Gasteiger partial charge in [0.05, 0.1) is 24.7 Å². The summed E-state index contributed by atoms with van der Waals surface area (Å²) in [4.78, 5) is 14.2. The van der Waals surface area contributed by atoms with E-state index in [1.54, 1.807) is 23.1 Å². The third kappa shape index (κ3) is 2.99. The molecule has 19 heavy (non-hydrogen) atoms. The molecule has 1 fully saturated rings. The molecule has 0 saturated carbocycles. The Morgan fingerprint density at radius 2 is 2.37 bits per heavy atom. The third-order valence-electron chi connectivity index (χ3n) is 3.29. The number of ether oxygens (including phenoxy) is 1. The standard InChI is InChI=1S/C14H15ClN2O2/c1-19-13-7-11(15)4-5-12(13)14(18)17-6-2-3-10(8-16)9-17/h4-5,7,10H,2-3,6,9H2,1H3/t10-/m0/s1. The summed E-state index contributed by atoms with van der Waals surface area (Å²) in [5.41, 5.74) is 0.491. The van der Waals surface area contributed by atoms with Crippen LogP contribution < -0.4 is 4.74 Å². The SMILES string of the molecule is COc1cc(Cl)ccc1C(=O)N1CCC[C@@H](C#N)C1. The van der Waals surface area contributed by atoms with Crippen LogP contribution in [-0.2, 0) is 0 Å². The van der Waals surface area contributed by atoms with Gasteiger partial charge in [0.25, 0.3) is 5.91 Å². The minimum atomic E-state index is -0.103. The van der Waals surface area contributed by atoms with Gasteiger partial charge in [-0.1, -0.05) is 11.6 Å². The number of benzene rings is 1. The maximum atomic E-state index is 12.4. The Morgan fingerprint density at radius 3 is 3.05 bits per heavy atom. The van der Waals surface area contributed by atoms with Crippen molar-refractivity contribution in [2.24, 2.45) is 5.92 Å². The molecule has 1 amide bonds. The second kappa shape index (κ2) is 5.94. The molecule has 0 N–H and O–H groups in total. The fourth-order valence-electron chi connectivity index (χ4n) is 2.28. The normalized spacial score (nSPS) is 18.8. The van der Waals surface area contributed by atoms with Crippen LogP contribution in [0.4, 0.5) is 0 Å². The molecule has 2 rings (SSSR count). The van der Waals surface area contributed by atoms with Gasteiger partial charge in [-0.2, -0.15) is 5.26 Å². The number of carbonyl (C=O) groups is 1. The monoisotopic (exact) mass is 278 g/mol. The first-order valence-electron chi connectivity index (χ1n) is 6.18. The topological polar surface area (TPSA) is 53.3 Å². The highest BCUT2D eigenvalue weighted by Crippen LogP contribution is 2.26. The van der Waals surface area contributed by atoms with Gasteiger partial charge in [0.2, 0.25) is 0 Å². The van der Waals surface area contributed by atoms with Crippen molar-refractivity contribution in [3.63, 3.8) is 0 Å². The molecule has 0 aliphatic carbocycles. The summed E-state index contributed by atoms with van der Waals surface area (Å²) < 4.78 is 5.19. The van der Waals surface area contributed by atoms with E-state index < -0.39 is 0 Å². The van der Waals surface area contributed by atoms with E-state index in [9.17, 15) is 4.79 Å². The Hall–Kier alpha value is -1.73. The van der Waals surface area contributed by atoms with Crippen LogP contribution in [0.5, 0.6) is 5.75 Å². The van der Waals surface area contributed by atoms with E-state index in [-0.39, 0.29) is 11.8 Å². The van der Waals surface area contributed by atoms with E-state index in [2.05, 4.69) is 6.07 Å². The molecule has 5 heteroatoms. The number of piperidine rings is 1. The van der Waals surface area contributed by atoms with Gasteiger partial charge in [-0.05, 0) is 31.0 Å². The van der Waals surface area contributed by atoms with Gasteiger partial charge in [-0.25, -0.2) is 0 Å². The largest absolute Gasteiger partial charge is 0.496 e. The number of carbonyl (C=O) groups excluding carboxylic acids is 1. The summed E-state index contributed by atoms with van der Waals surface area (Å²) in [6.45, 7) is 1.17. The number of methoxy groups -OCH3 is 1. The summed E-state index contributed by atoms with van der Waals surface area (Å²) in [5.74, 6) is 0.293. The van der Waals surface area contributed by atoms with Crippen molar-refractivity contribution in [2.45, 2.75) is 12.8 Å². The number of rotatable bonds is 2. The Balaban J connectivity index is 2.22. The smallest absolute Gasteiger partial charge is 0.257 e. The summed E-state index contributed by atoms with van der Waals surface area (Å²) >= 11 is 5.88. The summed E-state index contributed by atoms with van der Waals surface area (Å²) in [7, 11) is 1.51. The quantitative estimate of drug-likeness (QED) is 0.836. The zero-order valence-electron chi connectivity index (χ0n) is 10.7. The molecule has 1 heterocycles. The molecule has 1 atom stereocenters. The number of nitriles is 1. The lowest BCUT2D eigenvalue weighted by molar-refractivity contribution is 0.0695. The Morgan fingerprint density at radius 1 is 1.58 bits per heavy atom. The van der Waals surface area contributed by atoms with Crippen molar-refractivity contribution in [1.29, 1.82) is 5.26 Å². The number of hydrogen-bond acceptors (Lipinski definition) is 3. The van der Waals surface area contributed by atoms with E-state index in [0.29, 0.717) is 29.4 Å². The fourth-order valence-corrected chi connectivity index (χ4v) is 2.44. The maximum Gasteiger partial charge on any atom is 0.257 e. The molecule has 1 aromatic carbocycles. The summed E-state index contributed by atoms with van der Waals surface area (Å²) in [5, 5.41) is 9.50. The van der Waals surface area contributed by atoms with Crippen LogP contribution in [-0.4, -0.2) is 31.0 Å². The predicted molar refractivity (Wildman–Crippen MR) is 72.2 cm³/mol. The molecule has 100 valence electrons. The third-order valence-corrected chi connectivity index (χ3v) is 3.52. The van der Waals surface area contributed by atoms with Gasteiger partial charge in [0.15, 0.2) is 0 Å². The molecule has 1 aromatic rings. The number of likely N-dealkylation sites (tertiary alicyclic amines) is 1. The van der Waals surface area contributed by atoms with Crippen molar-refractivity contribution in [1.82, 2.24) is 4.90 Å². The predicted octanol–water partition coefficient (Wildman–Crippen LogP) is 2.72. The second-order valence-electron chi connectivity index (χ2n) is 4.56. The van der Waals surface area contributed by atoms with Crippen molar-refractivity contribution >= 4 is 17.5 Å². The first-order chi connectivity index (χ1) is 9.15. The molecule has 0 aromatic heterocycles. The molecular formula is C14H15ClN2O2. The highest BCUT2D eigenvalue weighted by molar-refractivity contribution is 6.30. The van der Waals surface area contributed by atoms with Gasteiger partial charge in [0.1, 0.15) is 5.75 Å². The molecule has 0 bridgehead atoms. The van der Waals surface area contributed by atoms with E-state index in [1.165, 1.54) is 7.11 Å². The molecule has 1 saturated heterocycles. The van der Waals surface area contributed by atoms with Gasteiger partial charge in [-0.3, -0.25) is 4.79 Å². The highest BCUT2D eigenvalue weighted by atomic mass is 35.5. The molecular weight excluding hydrogens is 264 g/mol.